The largest absolute Gasteiger partial charge is 0.486 e. The molecule has 0 saturated heterocycles. The van der Waals surface area contributed by atoms with Gasteiger partial charge in [-0.2, -0.15) is 13.2 Å². The number of thiazole rings is 1. The number of nitrogen functional groups attached to an aromatic ring is 1. The van der Waals surface area contributed by atoms with Crippen molar-refractivity contribution in [2.45, 2.75) is 12.8 Å². The molecule has 18 heavy (non-hydrogen) atoms. The molecule has 0 amide bonds. The molecular weight excluding hydrogens is 265 g/mol. The summed E-state index contributed by atoms with van der Waals surface area (Å²) in [7, 11) is 0. The summed E-state index contributed by atoms with van der Waals surface area (Å²) in [5.74, 6) is 0.766. The lowest BCUT2D eigenvalue weighted by atomic mass is 10.2. The van der Waals surface area contributed by atoms with Gasteiger partial charge in [0.25, 0.3) is 0 Å². The maximum absolute atomic E-state index is 12.3. The highest BCUT2D eigenvalue weighted by Gasteiger charge is 2.29. The van der Waals surface area contributed by atoms with Crippen LogP contribution >= 0.6 is 11.3 Å². The maximum Gasteiger partial charge on any atom is 0.416 e. The van der Waals surface area contributed by atoms with Gasteiger partial charge in [-0.3, -0.25) is 0 Å². The van der Waals surface area contributed by atoms with E-state index in [2.05, 4.69) is 4.98 Å². The fourth-order valence-electron chi connectivity index (χ4n) is 1.28. The fourth-order valence-corrected chi connectivity index (χ4v) is 1.87. The van der Waals surface area contributed by atoms with Crippen molar-refractivity contribution >= 4 is 17.2 Å². The molecule has 0 fully saturated rings. The van der Waals surface area contributed by atoms with E-state index in [1.54, 1.807) is 5.38 Å². The number of hydrogen-bond acceptors (Lipinski definition) is 4. The molecule has 1 aromatic heterocycles. The van der Waals surface area contributed by atoms with E-state index in [0.29, 0.717) is 16.6 Å². The molecule has 0 atom stereocenters. The standard InChI is InChI=1S/C11H9F3N2OS/c12-11(13,14)7-1-3-8(4-2-7)17-5-10-16-9(15)6-18-10/h1-4,6H,5,15H2. The van der Waals surface area contributed by atoms with Gasteiger partial charge < -0.3 is 10.5 Å². The van der Waals surface area contributed by atoms with Gasteiger partial charge in [0.1, 0.15) is 23.2 Å². The van der Waals surface area contributed by atoms with Crippen LogP contribution in [0.4, 0.5) is 19.0 Å². The Morgan fingerprint density at radius 1 is 1.22 bits per heavy atom. The summed E-state index contributed by atoms with van der Waals surface area (Å²) in [6, 6.07) is 4.51. The maximum atomic E-state index is 12.3. The average Bonchev–Trinajstić information content (AvgIpc) is 2.72. The van der Waals surface area contributed by atoms with E-state index in [0.717, 1.165) is 12.1 Å². The number of halogens is 3. The number of alkyl halides is 3. The number of anilines is 1. The zero-order valence-electron chi connectivity index (χ0n) is 9.07. The zero-order chi connectivity index (χ0) is 13.2. The van der Waals surface area contributed by atoms with Crippen LogP contribution in [0, 0.1) is 0 Å². The quantitative estimate of drug-likeness (QED) is 0.934. The van der Waals surface area contributed by atoms with E-state index in [-0.39, 0.29) is 6.61 Å². The summed E-state index contributed by atoms with van der Waals surface area (Å²) in [5.41, 5.74) is 4.73. The highest BCUT2D eigenvalue weighted by atomic mass is 32.1. The van der Waals surface area contributed by atoms with Crippen LogP contribution in [0.1, 0.15) is 10.6 Å². The van der Waals surface area contributed by atoms with Crippen molar-refractivity contribution in [3.05, 3.63) is 40.2 Å². The number of aromatic nitrogens is 1. The number of nitrogens with two attached hydrogens (primary N) is 1. The van der Waals surface area contributed by atoms with Gasteiger partial charge in [-0.25, -0.2) is 4.98 Å². The van der Waals surface area contributed by atoms with Gasteiger partial charge in [0.15, 0.2) is 0 Å². The number of hydrogen-bond donors (Lipinski definition) is 1. The summed E-state index contributed by atoms with van der Waals surface area (Å²) >= 11 is 1.34. The van der Waals surface area contributed by atoms with Gasteiger partial charge in [-0.1, -0.05) is 0 Å². The normalized spacial score (nSPS) is 11.5. The number of rotatable bonds is 3. The van der Waals surface area contributed by atoms with Gasteiger partial charge in [-0.05, 0) is 24.3 Å². The third kappa shape index (κ3) is 3.13. The van der Waals surface area contributed by atoms with Crippen LogP contribution in [0.25, 0.3) is 0 Å². The number of ether oxygens (including phenoxy) is 1. The Labute approximate surface area is 105 Å². The summed E-state index contributed by atoms with van der Waals surface area (Å²) in [6.45, 7) is 0.188. The van der Waals surface area contributed by atoms with Crippen molar-refractivity contribution in [3.8, 4) is 5.75 Å². The first-order valence-electron chi connectivity index (χ1n) is 4.95. The van der Waals surface area contributed by atoms with Crippen LogP contribution in [-0.2, 0) is 12.8 Å². The second-order valence-corrected chi connectivity index (χ2v) is 4.42. The van der Waals surface area contributed by atoms with Crippen molar-refractivity contribution in [2.24, 2.45) is 0 Å². The molecule has 0 saturated carbocycles. The molecule has 0 aliphatic carbocycles. The van der Waals surface area contributed by atoms with Crippen LogP contribution in [-0.4, -0.2) is 4.98 Å². The van der Waals surface area contributed by atoms with E-state index in [4.69, 9.17) is 10.5 Å². The molecule has 0 aliphatic rings. The first-order chi connectivity index (χ1) is 8.45. The van der Waals surface area contributed by atoms with Gasteiger partial charge in [0, 0.05) is 5.38 Å². The molecule has 0 spiro atoms. The van der Waals surface area contributed by atoms with Crippen molar-refractivity contribution in [1.29, 1.82) is 0 Å². The second-order valence-electron chi connectivity index (χ2n) is 3.48. The Hall–Kier alpha value is -1.76. The first kappa shape index (κ1) is 12.7. The Morgan fingerprint density at radius 3 is 2.39 bits per heavy atom. The van der Waals surface area contributed by atoms with Crippen LogP contribution < -0.4 is 10.5 Å². The summed E-state index contributed by atoms with van der Waals surface area (Å²) in [4.78, 5) is 3.97. The van der Waals surface area contributed by atoms with Crippen LogP contribution in [0.2, 0.25) is 0 Å². The van der Waals surface area contributed by atoms with Gasteiger partial charge in [-0.15, -0.1) is 11.3 Å². The van der Waals surface area contributed by atoms with E-state index in [1.807, 2.05) is 0 Å². The van der Waals surface area contributed by atoms with E-state index in [9.17, 15) is 13.2 Å². The molecule has 0 bridgehead atoms. The molecule has 0 unspecified atom stereocenters. The van der Waals surface area contributed by atoms with E-state index in [1.165, 1.54) is 23.5 Å². The second kappa shape index (κ2) is 4.85. The van der Waals surface area contributed by atoms with E-state index >= 15 is 0 Å². The zero-order valence-corrected chi connectivity index (χ0v) is 9.89. The summed E-state index contributed by atoms with van der Waals surface area (Å²) in [5, 5.41) is 2.35. The lowest BCUT2D eigenvalue weighted by Gasteiger charge is -2.08. The molecule has 1 heterocycles. The van der Waals surface area contributed by atoms with Crippen LogP contribution in [0.3, 0.4) is 0 Å². The molecule has 2 N–H and O–H groups in total. The number of nitrogens with zero attached hydrogens (tertiary/aromatic N) is 1. The molecule has 0 radical (unpaired) electrons. The van der Waals surface area contributed by atoms with Crippen molar-refractivity contribution < 1.29 is 17.9 Å². The molecule has 7 heteroatoms. The molecule has 2 rings (SSSR count). The minimum Gasteiger partial charge on any atom is -0.486 e. The third-order valence-corrected chi connectivity index (χ3v) is 2.95. The summed E-state index contributed by atoms with van der Waals surface area (Å²) < 4.78 is 42.2. The topological polar surface area (TPSA) is 48.1 Å². The minimum absolute atomic E-state index is 0.188. The molecule has 96 valence electrons. The van der Waals surface area contributed by atoms with Crippen molar-refractivity contribution in [2.75, 3.05) is 5.73 Å². The predicted molar refractivity (Wildman–Crippen MR) is 62.3 cm³/mol. The van der Waals surface area contributed by atoms with Gasteiger partial charge >= 0.3 is 6.18 Å². The molecular formula is C11H9F3N2OS. The Balaban J connectivity index is 1.98. The molecule has 3 nitrogen and oxygen atoms in total. The number of benzene rings is 1. The monoisotopic (exact) mass is 274 g/mol. The van der Waals surface area contributed by atoms with E-state index < -0.39 is 11.7 Å². The Kier molecular flexibility index (Phi) is 3.42. The van der Waals surface area contributed by atoms with Crippen molar-refractivity contribution in [3.63, 3.8) is 0 Å². The van der Waals surface area contributed by atoms with Gasteiger partial charge in [0.2, 0.25) is 0 Å². The Morgan fingerprint density at radius 2 is 1.89 bits per heavy atom. The SMILES string of the molecule is Nc1csc(COc2ccc(C(F)(F)F)cc2)n1. The van der Waals surface area contributed by atoms with Crippen LogP contribution in [0.15, 0.2) is 29.6 Å². The van der Waals surface area contributed by atoms with Crippen LogP contribution in [0.5, 0.6) is 5.75 Å². The lowest BCUT2D eigenvalue weighted by molar-refractivity contribution is -0.137. The average molecular weight is 274 g/mol. The van der Waals surface area contributed by atoms with Crippen molar-refractivity contribution in [1.82, 2.24) is 4.98 Å². The predicted octanol–water partition coefficient (Wildman–Crippen LogP) is 3.32. The minimum atomic E-state index is -4.33. The molecule has 2 aromatic rings. The summed E-state index contributed by atoms with van der Waals surface area (Å²) in [6.07, 6.45) is -4.33. The highest BCUT2D eigenvalue weighted by Crippen LogP contribution is 2.30. The highest BCUT2D eigenvalue weighted by molar-refractivity contribution is 7.09. The molecule has 0 aliphatic heterocycles. The smallest absolute Gasteiger partial charge is 0.416 e. The first-order valence-corrected chi connectivity index (χ1v) is 5.83. The third-order valence-electron chi connectivity index (χ3n) is 2.11. The van der Waals surface area contributed by atoms with Gasteiger partial charge in [0.05, 0.1) is 5.56 Å². The molecule has 1 aromatic carbocycles. The Bertz CT molecular complexity index is 522. The fraction of sp³-hybridized carbons (Fsp3) is 0.182. The lowest BCUT2D eigenvalue weighted by Crippen LogP contribution is -2.04.